The van der Waals surface area contributed by atoms with Gasteiger partial charge < -0.3 is 15.0 Å². The number of hydrogen-bond acceptors (Lipinski definition) is 4. The molecule has 1 aromatic carbocycles. The van der Waals surface area contributed by atoms with Gasteiger partial charge in [0.1, 0.15) is 5.75 Å². The van der Waals surface area contributed by atoms with Crippen molar-refractivity contribution in [3.8, 4) is 5.75 Å². The van der Waals surface area contributed by atoms with Crippen LogP contribution in [-0.4, -0.2) is 53.3 Å². The average molecular weight is 328 g/mol. The molecule has 3 atom stereocenters. The van der Waals surface area contributed by atoms with Gasteiger partial charge in [0.25, 0.3) is 5.91 Å². The van der Waals surface area contributed by atoms with Crippen molar-refractivity contribution in [3.05, 3.63) is 23.9 Å². The first-order valence-corrected chi connectivity index (χ1v) is 8.70. The number of carbonyl (C=O) groups excluding carboxylic acids is 1. The van der Waals surface area contributed by atoms with Crippen LogP contribution < -0.4 is 10.1 Å². The van der Waals surface area contributed by atoms with Crippen LogP contribution in [0.15, 0.2) is 18.2 Å². The van der Waals surface area contributed by atoms with E-state index in [1.165, 1.54) is 19.3 Å². The highest BCUT2D eigenvalue weighted by Crippen LogP contribution is 2.32. The van der Waals surface area contributed by atoms with Gasteiger partial charge in [-0.1, -0.05) is 6.42 Å². The highest BCUT2D eigenvalue weighted by Gasteiger charge is 2.36. The molecule has 0 spiro atoms. The normalized spacial score (nSPS) is 27.2. The van der Waals surface area contributed by atoms with Crippen molar-refractivity contribution < 1.29 is 9.53 Å². The van der Waals surface area contributed by atoms with Crippen molar-refractivity contribution in [1.82, 2.24) is 20.4 Å². The minimum atomic E-state index is -0.0842. The Bertz CT molecular complexity index is 743. The fraction of sp³-hybridized carbons (Fsp3) is 0.556. The number of piperidine rings is 2. The Balaban J connectivity index is 1.50. The minimum absolute atomic E-state index is 0.0842. The zero-order valence-corrected chi connectivity index (χ0v) is 14.2. The Morgan fingerprint density at radius 1 is 1.33 bits per heavy atom. The van der Waals surface area contributed by atoms with E-state index in [0.29, 0.717) is 17.8 Å². The van der Waals surface area contributed by atoms with Gasteiger partial charge in [-0.25, -0.2) is 0 Å². The highest BCUT2D eigenvalue weighted by molar-refractivity contribution is 6.05. The number of ether oxygens (including phenoxy) is 1. The molecule has 2 N–H and O–H groups in total. The summed E-state index contributed by atoms with van der Waals surface area (Å²) in [5.41, 5.74) is 1.29. The Morgan fingerprint density at radius 3 is 2.79 bits per heavy atom. The molecule has 0 radical (unpaired) electrons. The van der Waals surface area contributed by atoms with Gasteiger partial charge in [-0.15, -0.1) is 0 Å². The molecular weight excluding hydrogens is 304 g/mol. The molecule has 128 valence electrons. The van der Waals surface area contributed by atoms with E-state index in [0.717, 1.165) is 29.5 Å². The van der Waals surface area contributed by atoms with E-state index in [-0.39, 0.29) is 11.9 Å². The number of aromatic nitrogens is 2. The predicted octanol–water partition coefficient (Wildman–Crippen LogP) is 2.32. The van der Waals surface area contributed by atoms with E-state index < -0.39 is 0 Å². The summed E-state index contributed by atoms with van der Waals surface area (Å²) in [6.45, 7) is 0. The lowest BCUT2D eigenvalue weighted by Gasteiger charge is -2.47. The number of hydrogen-bond donors (Lipinski definition) is 2. The third-order valence-electron chi connectivity index (χ3n) is 5.66. The van der Waals surface area contributed by atoms with Crippen molar-refractivity contribution in [2.45, 2.75) is 50.2 Å². The maximum absolute atomic E-state index is 12.7. The van der Waals surface area contributed by atoms with Crippen LogP contribution in [0, 0.1) is 0 Å². The molecule has 2 aliphatic rings. The molecule has 2 bridgehead atoms. The quantitative estimate of drug-likeness (QED) is 0.907. The summed E-state index contributed by atoms with van der Waals surface area (Å²) in [5, 5.41) is 11.2. The Labute approximate surface area is 141 Å². The SMILES string of the molecule is COc1ccc2c(C(=O)N[C@H]3C[C@H]4CCC[C@@H](C3)N4C)n[nH]c2c1. The largest absolute Gasteiger partial charge is 0.497 e. The van der Waals surface area contributed by atoms with Crippen LogP contribution in [0.25, 0.3) is 10.9 Å². The first-order chi connectivity index (χ1) is 11.7. The zero-order chi connectivity index (χ0) is 16.7. The maximum Gasteiger partial charge on any atom is 0.272 e. The first kappa shape index (κ1) is 15.4. The van der Waals surface area contributed by atoms with E-state index in [1.54, 1.807) is 7.11 Å². The van der Waals surface area contributed by atoms with E-state index in [4.69, 9.17) is 4.74 Å². The van der Waals surface area contributed by atoms with Gasteiger partial charge in [0.05, 0.1) is 12.6 Å². The summed E-state index contributed by atoms with van der Waals surface area (Å²) in [5.74, 6) is 0.667. The second-order valence-electron chi connectivity index (χ2n) is 7.03. The summed E-state index contributed by atoms with van der Waals surface area (Å²) in [4.78, 5) is 15.2. The number of nitrogens with zero attached hydrogens (tertiary/aromatic N) is 2. The molecular formula is C18H24N4O2. The van der Waals surface area contributed by atoms with E-state index >= 15 is 0 Å². The van der Waals surface area contributed by atoms with Gasteiger partial charge in [-0.05, 0) is 44.9 Å². The van der Waals surface area contributed by atoms with E-state index in [1.807, 2.05) is 18.2 Å². The molecule has 1 amide bonds. The molecule has 24 heavy (non-hydrogen) atoms. The first-order valence-electron chi connectivity index (χ1n) is 8.70. The summed E-state index contributed by atoms with van der Waals surface area (Å²) >= 11 is 0. The molecule has 2 aromatic rings. The number of carbonyl (C=O) groups is 1. The van der Waals surface area contributed by atoms with Crippen molar-refractivity contribution in [2.24, 2.45) is 0 Å². The highest BCUT2D eigenvalue weighted by atomic mass is 16.5. The number of fused-ring (bicyclic) bond motifs is 3. The van der Waals surface area contributed by atoms with Crippen LogP contribution in [-0.2, 0) is 0 Å². The van der Waals surface area contributed by atoms with Crippen molar-refractivity contribution in [2.75, 3.05) is 14.2 Å². The molecule has 4 rings (SSSR count). The van der Waals surface area contributed by atoms with Crippen LogP contribution in [0.1, 0.15) is 42.6 Å². The molecule has 3 heterocycles. The number of H-pyrrole nitrogens is 1. The number of methoxy groups -OCH3 is 1. The summed E-state index contributed by atoms with van der Waals surface area (Å²) in [6, 6.07) is 7.05. The lowest BCUT2D eigenvalue weighted by molar-refractivity contribution is 0.0462. The third-order valence-corrected chi connectivity index (χ3v) is 5.66. The Kier molecular flexibility index (Phi) is 3.92. The molecule has 6 nitrogen and oxygen atoms in total. The Hall–Kier alpha value is -2.08. The fourth-order valence-corrected chi connectivity index (χ4v) is 4.29. The topological polar surface area (TPSA) is 70.2 Å². The number of aromatic amines is 1. The molecule has 0 unspecified atom stereocenters. The number of rotatable bonds is 3. The minimum Gasteiger partial charge on any atom is -0.497 e. The smallest absolute Gasteiger partial charge is 0.272 e. The van der Waals surface area contributed by atoms with Crippen molar-refractivity contribution in [1.29, 1.82) is 0 Å². The molecule has 2 fully saturated rings. The number of nitrogens with one attached hydrogen (secondary N) is 2. The van der Waals surface area contributed by atoms with Crippen LogP contribution in [0.3, 0.4) is 0 Å². The van der Waals surface area contributed by atoms with Gasteiger partial charge in [-0.2, -0.15) is 5.10 Å². The van der Waals surface area contributed by atoms with Gasteiger partial charge in [0.15, 0.2) is 5.69 Å². The van der Waals surface area contributed by atoms with Crippen LogP contribution >= 0.6 is 0 Å². The lowest BCUT2D eigenvalue weighted by atomic mass is 9.82. The standard InChI is InChI=1S/C18H24N4O2/c1-22-12-4-3-5-13(22)9-11(8-12)19-18(23)17-15-7-6-14(24-2)10-16(15)20-21-17/h6-7,10-13H,3-5,8-9H2,1-2H3,(H,19,23)(H,20,21)/t11-,12+,13-. The molecule has 6 heteroatoms. The molecule has 0 aliphatic carbocycles. The van der Waals surface area contributed by atoms with Crippen molar-refractivity contribution in [3.63, 3.8) is 0 Å². The van der Waals surface area contributed by atoms with Crippen molar-refractivity contribution >= 4 is 16.8 Å². The summed E-state index contributed by atoms with van der Waals surface area (Å²) in [6.07, 6.45) is 5.87. The van der Waals surface area contributed by atoms with E-state index in [9.17, 15) is 4.79 Å². The monoisotopic (exact) mass is 328 g/mol. The van der Waals surface area contributed by atoms with Gasteiger partial charge >= 0.3 is 0 Å². The number of amides is 1. The summed E-state index contributed by atoms with van der Waals surface area (Å²) in [7, 11) is 3.85. The molecule has 1 aromatic heterocycles. The predicted molar refractivity (Wildman–Crippen MR) is 92.3 cm³/mol. The second-order valence-corrected chi connectivity index (χ2v) is 7.03. The molecule has 0 saturated carbocycles. The molecule has 2 saturated heterocycles. The van der Waals surface area contributed by atoms with Gasteiger partial charge in [0, 0.05) is 29.6 Å². The van der Waals surface area contributed by atoms with Crippen LogP contribution in [0.5, 0.6) is 5.75 Å². The summed E-state index contributed by atoms with van der Waals surface area (Å²) < 4.78 is 5.21. The van der Waals surface area contributed by atoms with Crippen LogP contribution in [0.4, 0.5) is 0 Å². The molecule has 2 aliphatic heterocycles. The number of benzene rings is 1. The average Bonchev–Trinajstić information content (AvgIpc) is 2.98. The zero-order valence-electron chi connectivity index (χ0n) is 14.2. The third kappa shape index (κ3) is 2.65. The Morgan fingerprint density at radius 2 is 2.08 bits per heavy atom. The maximum atomic E-state index is 12.7. The fourth-order valence-electron chi connectivity index (χ4n) is 4.29. The lowest BCUT2D eigenvalue weighted by Crippen LogP contribution is -2.55. The van der Waals surface area contributed by atoms with E-state index in [2.05, 4.69) is 27.5 Å². The van der Waals surface area contributed by atoms with Gasteiger partial charge in [0.2, 0.25) is 0 Å². The van der Waals surface area contributed by atoms with Crippen LogP contribution in [0.2, 0.25) is 0 Å². The second kappa shape index (κ2) is 6.09. The van der Waals surface area contributed by atoms with Gasteiger partial charge in [-0.3, -0.25) is 9.89 Å².